The fraction of sp³-hybridized carbons (Fsp3) is 0.304. The fourth-order valence-corrected chi connectivity index (χ4v) is 8.92. The van der Waals surface area contributed by atoms with Crippen molar-refractivity contribution in [2.75, 3.05) is 36.0 Å². The Bertz CT molecular complexity index is 2170. The molecule has 2 aliphatic heterocycles. The van der Waals surface area contributed by atoms with E-state index in [0.29, 0.717) is 37.1 Å². The maximum absolute atomic E-state index is 13.0. The number of nitrogens with zero attached hydrogens (tertiary/aromatic N) is 6. The number of hydrogen-bond acceptors (Lipinski definition) is 8. The van der Waals surface area contributed by atoms with Crippen molar-refractivity contribution < 1.29 is 19.1 Å². The van der Waals surface area contributed by atoms with Crippen molar-refractivity contribution in [1.82, 2.24) is 9.97 Å². The van der Waals surface area contributed by atoms with Gasteiger partial charge in [-0.25, -0.2) is 9.59 Å². The second-order valence-electron chi connectivity index (χ2n) is 14.7. The predicted molar refractivity (Wildman–Crippen MR) is 224 cm³/mol. The van der Waals surface area contributed by atoms with Crippen LogP contribution in [0.5, 0.6) is 0 Å². The van der Waals surface area contributed by atoms with Gasteiger partial charge in [-0.1, -0.05) is 60.7 Å². The molecule has 4 aliphatic rings. The van der Waals surface area contributed by atoms with Crippen molar-refractivity contribution in [3.05, 3.63) is 154 Å². The summed E-state index contributed by atoms with van der Waals surface area (Å²) in [5.41, 5.74) is 9.41. The van der Waals surface area contributed by atoms with Crippen molar-refractivity contribution in [3.8, 4) is 0 Å². The van der Waals surface area contributed by atoms with Gasteiger partial charge in [-0.3, -0.25) is 20.0 Å². The summed E-state index contributed by atoms with van der Waals surface area (Å²) in [5, 5.41) is 0. The van der Waals surface area contributed by atoms with Crippen LogP contribution in [0, 0.1) is 0 Å². The van der Waals surface area contributed by atoms with E-state index in [4.69, 9.17) is 29.4 Å². The lowest BCUT2D eigenvalue weighted by Crippen LogP contribution is -2.29. The van der Waals surface area contributed by atoms with Gasteiger partial charge in [0.1, 0.15) is 23.1 Å². The maximum atomic E-state index is 13.0. The van der Waals surface area contributed by atoms with Gasteiger partial charge in [-0.2, -0.15) is 0 Å². The summed E-state index contributed by atoms with van der Waals surface area (Å²) < 4.78 is 12.1. The van der Waals surface area contributed by atoms with Crippen LogP contribution in [0.25, 0.3) is 0 Å². The van der Waals surface area contributed by atoms with Crippen LogP contribution in [-0.4, -0.2) is 59.8 Å². The molecule has 2 aliphatic carbocycles. The molecule has 3 aromatic carbocycles. The van der Waals surface area contributed by atoms with Crippen LogP contribution in [0.1, 0.15) is 105 Å². The number of esters is 2. The summed E-state index contributed by atoms with van der Waals surface area (Å²) in [6.45, 7) is 7.08. The standard InChI is InChI=1S/C46H44N6O4.ClH/c1-3-47-43-35(21-25-51(43)41-33-19-23-49-39(41)37(27-33)55-45(53)31-11-7-5-8-12-31)29-15-17-30(18-16-29)36-22-26-52(44(36)48-4-2)42-34-20-24-50-40(42)38(28-34)56-46(54)32-13-9-6-10-14-32;/h5-20,23-24,35-38H,3-4,21-22,25-28H2,1-2H3;1H/t35-,36?,37?,38?;/m1./s1. The van der Waals surface area contributed by atoms with Crippen molar-refractivity contribution in [1.29, 1.82) is 0 Å². The molecule has 0 saturated carbocycles. The number of fused-ring (bicyclic) bond motifs is 4. The zero-order valence-electron chi connectivity index (χ0n) is 32.1. The molecule has 10 nitrogen and oxygen atoms in total. The van der Waals surface area contributed by atoms with E-state index in [2.05, 4.69) is 47.9 Å². The van der Waals surface area contributed by atoms with Gasteiger partial charge in [0, 0.05) is 63.3 Å². The summed E-state index contributed by atoms with van der Waals surface area (Å²) >= 11 is 0. The van der Waals surface area contributed by atoms with Gasteiger partial charge in [0.05, 0.1) is 22.5 Å². The minimum Gasteiger partial charge on any atom is -0.452 e. The largest absolute Gasteiger partial charge is 0.452 e. The lowest BCUT2D eigenvalue weighted by molar-refractivity contribution is 0.0294. The quantitative estimate of drug-likeness (QED) is 0.130. The lowest BCUT2D eigenvalue weighted by Gasteiger charge is -2.24. The van der Waals surface area contributed by atoms with E-state index < -0.39 is 12.2 Å². The van der Waals surface area contributed by atoms with Crippen molar-refractivity contribution in [3.63, 3.8) is 0 Å². The minimum absolute atomic E-state index is 0. The zero-order chi connectivity index (χ0) is 38.2. The Hall–Kier alpha value is -5.87. The fourth-order valence-electron chi connectivity index (χ4n) is 8.92. The first kappa shape index (κ1) is 38.0. The summed E-state index contributed by atoms with van der Waals surface area (Å²) in [5.74, 6) is 1.64. The molecule has 2 saturated heterocycles. The third-order valence-electron chi connectivity index (χ3n) is 11.4. The molecule has 9 rings (SSSR count). The van der Waals surface area contributed by atoms with Gasteiger partial charge < -0.3 is 19.3 Å². The Morgan fingerprint density at radius 2 is 1.02 bits per heavy atom. The van der Waals surface area contributed by atoms with Crippen LogP contribution >= 0.6 is 12.4 Å². The smallest absolute Gasteiger partial charge is 0.338 e. The van der Waals surface area contributed by atoms with E-state index in [1.807, 2.05) is 60.9 Å². The second kappa shape index (κ2) is 16.3. The topological polar surface area (TPSA) is 110 Å². The highest BCUT2D eigenvalue weighted by molar-refractivity contribution is 6.07. The number of anilines is 2. The van der Waals surface area contributed by atoms with Crippen LogP contribution in [0.15, 0.2) is 119 Å². The molecule has 5 aromatic rings. The third-order valence-corrected chi connectivity index (χ3v) is 11.4. The molecule has 0 radical (unpaired) electrons. The number of carbonyl (C=O) groups excluding carboxylic acids is 2. The number of amidine groups is 2. The summed E-state index contributed by atoms with van der Waals surface area (Å²) in [6.07, 6.45) is 5.78. The van der Waals surface area contributed by atoms with E-state index in [9.17, 15) is 9.59 Å². The van der Waals surface area contributed by atoms with Crippen LogP contribution in [0.4, 0.5) is 11.4 Å². The second-order valence-corrected chi connectivity index (χ2v) is 14.7. The molecule has 4 bridgehead atoms. The summed E-state index contributed by atoms with van der Waals surface area (Å²) in [4.78, 5) is 50.3. The molecule has 4 heterocycles. The third kappa shape index (κ3) is 7.07. The van der Waals surface area contributed by atoms with E-state index in [0.717, 1.165) is 71.5 Å². The minimum atomic E-state index is -0.437. The van der Waals surface area contributed by atoms with E-state index in [1.165, 1.54) is 11.1 Å². The van der Waals surface area contributed by atoms with Crippen LogP contribution < -0.4 is 9.80 Å². The van der Waals surface area contributed by atoms with Gasteiger partial charge in [0.2, 0.25) is 0 Å². The lowest BCUT2D eigenvalue weighted by atomic mass is 9.91. The number of ether oxygens (including phenoxy) is 2. The highest BCUT2D eigenvalue weighted by atomic mass is 35.5. The molecular weight excluding hydrogens is 736 g/mol. The van der Waals surface area contributed by atoms with Gasteiger partial charge in [0.15, 0.2) is 12.2 Å². The molecule has 0 spiro atoms. The Morgan fingerprint density at radius 3 is 1.40 bits per heavy atom. The van der Waals surface area contributed by atoms with Crippen molar-refractivity contribution >= 4 is 47.4 Å². The molecule has 290 valence electrons. The molecule has 4 atom stereocenters. The first-order valence-corrected chi connectivity index (χ1v) is 19.7. The Kier molecular flexibility index (Phi) is 10.9. The van der Waals surface area contributed by atoms with Crippen LogP contribution in [-0.2, 0) is 22.3 Å². The Morgan fingerprint density at radius 1 is 0.614 bits per heavy atom. The highest BCUT2D eigenvalue weighted by Gasteiger charge is 2.42. The van der Waals surface area contributed by atoms with Gasteiger partial charge in [0.25, 0.3) is 0 Å². The van der Waals surface area contributed by atoms with E-state index in [1.54, 1.807) is 24.3 Å². The van der Waals surface area contributed by atoms with E-state index >= 15 is 0 Å². The Balaban J connectivity index is 0.00000455. The van der Waals surface area contributed by atoms with Gasteiger partial charge in [-0.05, 0) is 85.3 Å². The van der Waals surface area contributed by atoms with Crippen molar-refractivity contribution in [2.24, 2.45) is 9.98 Å². The maximum Gasteiger partial charge on any atom is 0.338 e. The number of halogens is 1. The van der Waals surface area contributed by atoms with Crippen LogP contribution in [0.3, 0.4) is 0 Å². The van der Waals surface area contributed by atoms with Crippen LogP contribution in [0.2, 0.25) is 0 Å². The first-order chi connectivity index (χ1) is 27.5. The number of aromatic nitrogens is 2. The molecule has 11 heteroatoms. The monoisotopic (exact) mass is 780 g/mol. The molecular formula is C46H45ClN6O4. The first-order valence-electron chi connectivity index (χ1n) is 19.7. The number of hydrogen-bond donors (Lipinski definition) is 0. The molecule has 3 unspecified atom stereocenters. The van der Waals surface area contributed by atoms with E-state index in [-0.39, 0.29) is 36.2 Å². The number of aliphatic imine (C=N–C) groups is 2. The average molecular weight is 781 g/mol. The molecule has 2 fully saturated rings. The number of pyridine rings is 2. The molecule has 2 aromatic heterocycles. The summed E-state index contributed by atoms with van der Waals surface area (Å²) in [6, 6.07) is 31.4. The Labute approximate surface area is 339 Å². The molecule has 57 heavy (non-hydrogen) atoms. The molecule has 0 amide bonds. The number of benzene rings is 3. The normalized spacial score (nSPS) is 21.9. The van der Waals surface area contributed by atoms with Gasteiger partial charge >= 0.3 is 11.9 Å². The number of carbonyl (C=O) groups is 2. The zero-order valence-corrected chi connectivity index (χ0v) is 32.9. The number of rotatable bonds is 10. The predicted octanol–water partition coefficient (Wildman–Crippen LogP) is 8.63. The SMILES string of the molecule is CCN=C1C(c2ccc([C@H]3CCN(c4c5ccnc4C(OC(=O)c4ccccc4)C5)C3=NCC)cc2)CCN1c1c2ccnc1C(OC(=O)c1ccccc1)C2.Cl. The highest BCUT2D eigenvalue weighted by Crippen LogP contribution is 2.47. The van der Waals surface area contributed by atoms with Gasteiger partial charge in [-0.15, -0.1) is 12.4 Å². The average Bonchev–Trinajstić information content (AvgIpc) is 3.93. The van der Waals surface area contributed by atoms with Crippen molar-refractivity contribution in [2.45, 2.75) is 63.6 Å². The summed E-state index contributed by atoms with van der Waals surface area (Å²) in [7, 11) is 0. The molecule has 0 N–H and O–H groups in total.